The minimum atomic E-state index is -3.66. The third-order valence-electron chi connectivity index (χ3n) is 5.01. The fraction of sp³-hybridized carbons (Fsp3) is 0.350. The molecular weight excluding hydrogens is 431 g/mol. The lowest BCUT2D eigenvalue weighted by Gasteiger charge is -2.30. The molecule has 1 aliphatic heterocycles. The highest BCUT2D eigenvalue weighted by molar-refractivity contribution is 7.89. The normalized spacial score (nSPS) is 16.0. The number of methoxy groups -OCH3 is 2. The molecule has 0 radical (unpaired) electrons. The minimum absolute atomic E-state index is 0.154. The summed E-state index contributed by atoms with van der Waals surface area (Å²) in [5.74, 6) is 0.449. The van der Waals surface area contributed by atoms with Crippen LogP contribution in [0.3, 0.4) is 0 Å². The molecule has 1 fully saturated rings. The first kappa shape index (κ1) is 20.8. The highest BCUT2D eigenvalue weighted by Crippen LogP contribution is 2.33. The van der Waals surface area contributed by atoms with E-state index >= 15 is 0 Å². The minimum Gasteiger partial charge on any atom is -0.493 e. The third-order valence-corrected chi connectivity index (χ3v) is 7.82. The molecule has 0 bridgehead atoms. The Bertz CT molecular complexity index is 1160. The quantitative estimate of drug-likeness (QED) is 0.568. The Hall–Kier alpha value is -2.43. The number of thiazole rings is 1. The average Bonchev–Trinajstić information content (AvgIpc) is 3.17. The fourth-order valence-electron chi connectivity index (χ4n) is 3.40. The van der Waals surface area contributed by atoms with Crippen LogP contribution in [0.5, 0.6) is 16.7 Å². The Balaban J connectivity index is 1.44. The average molecular weight is 453 g/mol. The first-order valence-corrected chi connectivity index (χ1v) is 11.6. The van der Waals surface area contributed by atoms with Crippen molar-refractivity contribution in [3.63, 3.8) is 0 Å². The van der Waals surface area contributed by atoms with Gasteiger partial charge in [-0.2, -0.15) is 9.29 Å². The van der Waals surface area contributed by atoms with Crippen LogP contribution in [0.1, 0.15) is 12.8 Å². The Kier molecular flexibility index (Phi) is 5.81. The van der Waals surface area contributed by atoms with Gasteiger partial charge in [0.25, 0.3) is 5.19 Å². The van der Waals surface area contributed by atoms with Crippen molar-refractivity contribution in [2.45, 2.75) is 23.8 Å². The molecule has 0 saturated carbocycles. The molecule has 0 amide bonds. The van der Waals surface area contributed by atoms with E-state index in [9.17, 15) is 12.8 Å². The maximum Gasteiger partial charge on any atom is 0.274 e. The second-order valence-electron chi connectivity index (χ2n) is 6.80. The fourth-order valence-corrected chi connectivity index (χ4v) is 5.79. The smallest absolute Gasteiger partial charge is 0.274 e. The number of hydrogen-bond donors (Lipinski definition) is 0. The second-order valence-corrected chi connectivity index (χ2v) is 9.74. The van der Waals surface area contributed by atoms with E-state index in [1.807, 2.05) is 0 Å². The Morgan fingerprint density at radius 2 is 1.83 bits per heavy atom. The molecule has 2 heterocycles. The summed E-state index contributed by atoms with van der Waals surface area (Å²) in [7, 11) is -0.702. The van der Waals surface area contributed by atoms with Crippen LogP contribution in [0.15, 0.2) is 41.3 Å². The lowest BCUT2D eigenvalue weighted by Crippen LogP contribution is -2.41. The van der Waals surface area contributed by atoms with E-state index in [-0.39, 0.29) is 16.8 Å². The summed E-state index contributed by atoms with van der Waals surface area (Å²) in [6.07, 6.45) is 0.862. The predicted molar refractivity (Wildman–Crippen MR) is 112 cm³/mol. The van der Waals surface area contributed by atoms with Crippen molar-refractivity contribution in [1.29, 1.82) is 0 Å². The maximum atomic E-state index is 13.8. The molecule has 10 heteroatoms. The molecule has 1 saturated heterocycles. The number of ether oxygens (including phenoxy) is 3. The van der Waals surface area contributed by atoms with Crippen LogP contribution >= 0.6 is 11.3 Å². The van der Waals surface area contributed by atoms with Gasteiger partial charge in [0.05, 0.1) is 23.8 Å². The monoisotopic (exact) mass is 452 g/mol. The molecule has 30 heavy (non-hydrogen) atoms. The molecule has 0 N–H and O–H groups in total. The van der Waals surface area contributed by atoms with Crippen molar-refractivity contribution in [3.8, 4) is 16.7 Å². The molecule has 0 spiro atoms. The molecule has 4 rings (SSSR count). The Morgan fingerprint density at radius 3 is 2.50 bits per heavy atom. The zero-order valence-electron chi connectivity index (χ0n) is 16.5. The van der Waals surface area contributed by atoms with Crippen LogP contribution in [0, 0.1) is 5.82 Å². The van der Waals surface area contributed by atoms with Crippen molar-refractivity contribution in [2.75, 3.05) is 27.3 Å². The summed E-state index contributed by atoms with van der Waals surface area (Å²) in [6, 6.07) is 9.34. The van der Waals surface area contributed by atoms with E-state index in [1.54, 1.807) is 18.2 Å². The number of piperidine rings is 1. The molecule has 0 atom stereocenters. The largest absolute Gasteiger partial charge is 0.493 e. The Labute approximate surface area is 178 Å². The van der Waals surface area contributed by atoms with Crippen molar-refractivity contribution < 1.29 is 27.0 Å². The molecule has 1 aromatic heterocycles. The zero-order chi connectivity index (χ0) is 21.3. The zero-order valence-corrected chi connectivity index (χ0v) is 18.1. The number of benzene rings is 2. The summed E-state index contributed by atoms with van der Waals surface area (Å²) >= 11 is 1.28. The van der Waals surface area contributed by atoms with Gasteiger partial charge in [-0.3, -0.25) is 0 Å². The van der Waals surface area contributed by atoms with Crippen LogP contribution in [-0.4, -0.2) is 51.1 Å². The van der Waals surface area contributed by atoms with Crippen molar-refractivity contribution in [2.24, 2.45) is 0 Å². The van der Waals surface area contributed by atoms with E-state index in [0.717, 1.165) is 4.70 Å². The van der Waals surface area contributed by atoms with E-state index < -0.39 is 10.0 Å². The molecule has 2 aromatic carbocycles. The van der Waals surface area contributed by atoms with Crippen molar-refractivity contribution in [1.82, 2.24) is 9.29 Å². The summed E-state index contributed by atoms with van der Waals surface area (Å²) in [6.45, 7) is 0.640. The lowest BCUT2D eigenvalue weighted by molar-refractivity contribution is 0.135. The van der Waals surface area contributed by atoms with Crippen molar-refractivity contribution >= 4 is 31.6 Å². The summed E-state index contributed by atoms with van der Waals surface area (Å²) in [4.78, 5) is 4.37. The highest BCUT2D eigenvalue weighted by atomic mass is 32.2. The highest BCUT2D eigenvalue weighted by Gasteiger charge is 2.31. The van der Waals surface area contributed by atoms with Crippen LogP contribution in [0.25, 0.3) is 10.2 Å². The molecule has 160 valence electrons. The van der Waals surface area contributed by atoms with Gasteiger partial charge in [-0.05, 0) is 37.1 Å². The van der Waals surface area contributed by atoms with Crippen LogP contribution in [0.4, 0.5) is 4.39 Å². The van der Waals surface area contributed by atoms with Crippen LogP contribution < -0.4 is 14.2 Å². The van der Waals surface area contributed by atoms with Gasteiger partial charge in [0, 0.05) is 19.2 Å². The standard InChI is InChI=1S/C20H21FN2O5S2/c1-26-16-7-6-14(12-17(16)27-2)30(24,25)23-10-8-13(9-11-23)28-20-22-19-15(21)4-3-5-18(19)29-20/h3-7,12-13H,8-11H2,1-2H3. The number of rotatable bonds is 6. The molecule has 3 aromatic rings. The van der Waals surface area contributed by atoms with Gasteiger partial charge >= 0.3 is 0 Å². The topological polar surface area (TPSA) is 78.0 Å². The second kappa shape index (κ2) is 8.37. The van der Waals surface area contributed by atoms with Gasteiger partial charge in [-0.1, -0.05) is 17.4 Å². The summed E-state index contributed by atoms with van der Waals surface area (Å²) < 4.78 is 58.3. The van der Waals surface area contributed by atoms with Crippen LogP contribution in [-0.2, 0) is 10.0 Å². The number of halogens is 1. The van der Waals surface area contributed by atoms with Crippen LogP contribution in [0.2, 0.25) is 0 Å². The lowest BCUT2D eigenvalue weighted by atomic mass is 10.1. The molecule has 0 aliphatic carbocycles. The molecule has 1 aliphatic rings. The SMILES string of the molecule is COc1ccc(S(=O)(=O)N2CCC(Oc3nc4c(F)cccc4s3)CC2)cc1OC. The van der Waals surface area contributed by atoms with Gasteiger partial charge in [-0.25, -0.2) is 12.8 Å². The van der Waals surface area contributed by atoms with Gasteiger partial charge in [0.1, 0.15) is 17.4 Å². The maximum absolute atomic E-state index is 13.8. The Morgan fingerprint density at radius 1 is 1.10 bits per heavy atom. The molecule has 7 nitrogen and oxygen atoms in total. The number of sulfonamides is 1. The van der Waals surface area contributed by atoms with E-state index in [1.165, 1.54) is 48.1 Å². The number of hydrogen-bond acceptors (Lipinski definition) is 7. The van der Waals surface area contributed by atoms with Gasteiger partial charge in [0.15, 0.2) is 11.5 Å². The summed E-state index contributed by atoms with van der Waals surface area (Å²) in [5.41, 5.74) is 0.297. The summed E-state index contributed by atoms with van der Waals surface area (Å²) in [5, 5.41) is 0.399. The van der Waals surface area contributed by atoms with Gasteiger partial charge in [0.2, 0.25) is 10.0 Å². The van der Waals surface area contributed by atoms with E-state index in [4.69, 9.17) is 14.2 Å². The number of nitrogens with zero attached hydrogens (tertiary/aromatic N) is 2. The van der Waals surface area contributed by atoms with Crippen molar-refractivity contribution in [3.05, 3.63) is 42.2 Å². The van der Waals surface area contributed by atoms with E-state index in [0.29, 0.717) is 48.1 Å². The first-order valence-electron chi connectivity index (χ1n) is 9.36. The van der Waals surface area contributed by atoms with Gasteiger partial charge < -0.3 is 14.2 Å². The number of aromatic nitrogens is 1. The van der Waals surface area contributed by atoms with E-state index in [2.05, 4.69) is 4.98 Å². The molecule has 0 unspecified atom stereocenters. The number of fused-ring (bicyclic) bond motifs is 1. The van der Waals surface area contributed by atoms with Gasteiger partial charge in [-0.15, -0.1) is 0 Å². The molecular formula is C20H21FN2O5S2. The first-order chi connectivity index (χ1) is 14.4. The predicted octanol–water partition coefficient (Wildman–Crippen LogP) is 3.68. The third kappa shape index (κ3) is 3.94. The number of para-hydroxylation sites is 1.